The van der Waals surface area contributed by atoms with Crippen molar-refractivity contribution in [3.8, 4) is 5.75 Å². The van der Waals surface area contributed by atoms with E-state index in [0.717, 1.165) is 24.1 Å². The minimum absolute atomic E-state index is 0.0468. The summed E-state index contributed by atoms with van der Waals surface area (Å²) >= 11 is 0. The molecule has 0 aromatic heterocycles. The Morgan fingerprint density at radius 2 is 2.31 bits per heavy atom. The second kappa shape index (κ2) is 3.14. The molecular weight excluding hydrogens is 206 g/mol. The van der Waals surface area contributed by atoms with E-state index < -0.39 is 0 Å². The predicted octanol–water partition coefficient (Wildman–Crippen LogP) is 2.05. The Labute approximate surface area is 93.4 Å². The summed E-state index contributed by atoms with van der Waals surface area (Å²) in [4.78, 5) is 13.4. The summed E-state index contributed by atoms with van der Waals surface area (Å²) < 4.78 is 5.22. The molecule has 0 unspecified atom stereocenters. The maximum atomic E-state index is 11.7. The molecule has 1 aromatic carbocycles. The molecule has 0 spiro atoms. The topological polar surface area (TPSA) is 49.8 Å². The summed E-state index contributed by atoms with van der Waals surface area (Å²) in [6.07, 6.45) is 1.45. The highest BCUT2D eigenvalue weighted by atomic mass is 16.6. The van der Waals surface area contributed by atoms with E-state index in [0.29, 0.717) is 0 Å². The maximum absolute atomic E-state index is 11.7. The molecule has 2 aliphatic heterocycles. The van der Waals surface area contributed by atoms with Gasteiger partial charge in [-0.15, -0.1) is 0 Å². The smallest absolute Gasteiger partial charge is 0.415 e. The molecule has 2 atom stereocenters. The first kappa shape index (κ1) is 9.51. The molecule has 3 rings (SSSR count). The van der Waals surface area contributed by atoms with Gasteiger partial charge in [-0.3, -0.25) is 4.90 Å². The summed E-state index contributed by atoms with van der Waals surface area (Å²) in [7, 11) is 0. The Morgan fingerprint density at radius 1 is 1.50 bits per heavy atom. The van der Waals surface area contributed by atoms with Crippen molar-refractivity contribution in [1.82, 2.24) is 0 Å². The lowest BCUT2D eigenvalue weighted by atomic mass is 9.94. The van der Waals surface area contributed by atoms with Crippen LogP contribution in [0.4, 0.5) is 10.5 Å². The highest BCUT2D eigenvalue weighted by Crippen LogP contribution is 2.38. The van der Waals surface area contributed by atoms with E-state index in [-0.39, 0.29) is 24.0 Å². The monoisotopic (exact) mass is 219 g/mol. The molecule has 1 saturated heterocycles. The largest absolute Gasteiger partial charge is 0.508 e. The number of carbonyl (C=O) groups excluding carboxylic acids is 1. The molecule has 1 aromatic rings. The third-order valence-corrected chi connectivity index (χ3v) is 3.39. The van der Waals surface area contributed by atoms with Crippen molar-refractivity contribution in [2.75, 3.05) is 4.90 Å². The van der Waals surface area contributed by atoms with Gasteiger partial charge in [0.15, 0.2) is 0 Å². The van der Waals surface area contributed by atoms with Crippen molar-refractivity contribution in [3.05, 3.63) is 23.8 Å². The van der Waals surface area contributed by atoms with Gasteiger partial charge in [-0.2, -0.15) is 0 Å². The fourth-order valence-corrected chi connectivity index (χ4v) is 2.59. The number of amides is 1. The summed E-state index contributed by atoms with van der Waals surface area (Å²) in [5, 5.41) is 9.41. The number of rotatable bonds is 0. The van der Waals surface area contributed by atoms with Gasteiger partial charge in [-0.1, -0.05) is 0 Å². The molecule has 0 aliphatic carbocycles. The van der Waals surface area contributed by atoms with Crippen LogP contribution in [0.2, 0.25) is 0 Å². The van der Waals surface area contributed by atoms with Crippen LogP contribution in [0.15, 0.2) is 18.2 Å². The highest BCUT2D eigenvalue weighted by molar-refractivity contribution is 5.92. The number of aryl methyl sites for hydroxylation is 1. The number of hydrogen-bond acceptors (Lipinski definition) is 3. The van der Waals surface area contributed by atoms with Crippen LogP contribution in [0.5, 0.6) is 5.75 Å². The molecular formula is C12H13NO3. The summed E-state index contributed by atoms with van der Waals surface area (Å²) in [5.41, 5.74) is 1.89. The summed E-state index contributed by atoms with van der Waals surface area (Å²) in [6.45, 7) is 1.92. The van der Waals surface area contributed by atoms with Crippen molar-refractivity contribution in [2.24, 2.45) is 0 Å². The number of anilines is 1. The van der Waals surface area contributed by atoms with Crippen LogP contribution in [-0.4, -0.2) is 23.3 Å². The number of benzene rings is 1. The van der Waals surface area contributed by atoms with Crippen LogP contribution in [0, 0.1) is 0 Å². The standard InChI is InChI=1S/C12H13NO3/c1-7-10-4-2-8-6-9(14)3-5-11(8)13(10)12(15)16-7/h3,5-7,10,14H,2,4H2,1H3/t7-,10+/m0/s1. The Kier molecular flexibility index (Phi) is 1.87. The molecule has 0 saturated carbocycles. The number of phenols is 1. The Hall–Kier alpha value is -1.71. The molecule has 1 N–H and O–H groups in total. The van der Waals surface area contributed by atoms with Crippen molar-refractivity contribution in [3.63, 3.8) is 0 Å². The van der Waals surface area contributed by atoms with Gasteiger partial charge in [0.05, 0.1) is 11.7 Å². The van der Waals surface area contributed by atoms with E-state index in [1.807, 2.05) is 6.92 Å². The highest BCUT2D eigenvalue weighted by Gasteiger charge is 2.42. The average Bonchev–Trinajstić information content (AvgIpc) is 2.54. The van der Waals surface area contributed by atoms with Crippen molar-refractivity contribution >= 4 is 11.8 Å². The zero-order valence-electron chi connectivity index (χ0n) is 9.01. The zero-order valence-corrected chi connectivity index (χ0v) is 9.01. The Bertz CT molecular complexity index is 458. The lowest BCUT2D eigenvalue weighted by Crippen LogP contribution is -2.39. The van der Waals surface area contributed by atoms with Gasteiger partial charge in [0.2, 0.25) is 0 Å². The lowest BCUT2D eigenvalue weighted by Gasteiger charge is -2.30. The van der Waals surface area contributed by atoms with E-state index in [4.69, 9.17) is 4.74 Å². The number of phenolic OH excluding ortho intramolecular Hbond substituents is 1. The van der Waals surface area contributed by atoms with Crippen LogP contribution in [-0.2, 0) is 11.2 Å². The van der Waals surface area contributed by atoms with Crippen LogP contribution >= 0.6 is 0 Å². The van der Waals surface area contributed by atoms with Crippen molar-refractivity contribution in [1.29, 1.82) is 0 Å². The first-order valence-corrected chi connectivity index (χ1v) is 5.48. The fraction of sp³-hybridized carbons (Fsp3) is 0.417. The minimum atomic E-state index is -0.274. The molecule has 4 heteroatoms. The van der Waals surface area contributed by atoms with Gasteiger partial charge >= 0.3 is 6.09 Å². The number of hydrogen-bond donors (Lipinski definition) is 1. The summed E-state index contributed by atoms with van der Waals surface area (Å²) in [6, 6.07) is 5.26. The van der Waals surface area contributed by atoms with E-state index in [9.17, 15) is 9.90 Å². The number of carbonyl (C=O) groups is 1. The van der Waals surface area contributed by atoms with Crippen LogP contribution in [0.25, 0.3) is 0 Å². The Balaban J connectivity index is 2.09. The van der Waals surface area contributed by atoms with Gasteiger partial charge in [0.1, 0.15) is 11.9 Å². The molecule has 84 valence electrons. The van der Waals surface area contributed by atoms with Crippen molar-refractivity contribution in [2.45, 2.75) is 31.9 Å². The molecule has 2 aliphatic rings. The quantitative estimate of drug-likeness (QED) is 0.726. The fourth-order valence-electron chi connectivity index (χ4n) is 2.59. The van der Waals surface area contributed by atoms with E-state index in [2.05, 4.69) is 0 Å². The van der Waals surface area contributed by atoms with Crippen molar-refractivity contribution < 1.29 is 14.6 Å². The second-order valence-corrected chi connectivity index (χ2v) is 4.38. The van der Waals surface area contributed by atoms with Crippen LogP contribution in [0.3, 0.4) is 0 Å². The molecule has 16 heavy (non-hydrogen) atoms. The molecule has 0 bridgehead atoms. The number of fused-ring (bicyclic) bond motifs is 3. The van der Waals surface area contributed by atoms with Gasteiger partial charge in [0, 0.05) is 0 Å². The van der Waals surface area contributed by atoms with Gasteiger partial charge in [-0.25, -0.2) is 4.79 Å². The van der Waals surface area contributed by atoms with E-state index >= 15 is 0 Å². The second-order valence-electron chi connectivity index (χ2n) is 4.38. The van der Waals surface area contributed by atoms with Crippen LogP contribution in [0.1, 0.15) is 18.9 Å². The molecule has 1 fully saturated rings. The normalized spacial score (nSPS) is 27.3. The zero-order chi connectivity index (χ0) is 11.3. The van der Waals surface area contributed by atoms with Gasteiger partial charge in [-0.05, 0) is 43.5 Å². The predicted molar refractivity (Wildman–Crippen MR) is 58.6 cm³/mol. The first-order valence-electron chi connectivity index (χ1n) is 5.48. The first-order chi connectivity index (χ1) is 7.66. The molecule has 4 nitrogen and oxygen atoms in total. The molecule has 1 amide bonds. The lowest BCUT2D eigenvalue weighted by molar-refractivity contribution is 0.140. The summed E-state index contributed by atoms with van der Waals surface area (Å²) in [5.74, 6) is 0.248. The maximum Gasteiger partial charge on any atom is 0.415 e. The Morgan fingerprint density at radius 3 is 3.12 bits per heavy atom. The third kappa shape index (κ3) is 1.19. The average molecular weight is 219 g/mol. The third-order valence-electron chi connectivity index (χ3n) is 3.39. The number of nitrogens with zero attached hydrogens (tertiary/aromatic N) is 1. The van der Waals surface area contributed by atoms with Crippen LogP contribution < -0.4 is 4.90 Å². The van der Waals surface area contributed by atoms with E-state index in [1.165, 1.54) is 0 Å². The number of cyclic esters (lactones) is 1. The molecule has 2 heterocycles. The van der Waals surface area contributed by atoms with Gasteiger partial charge in [0.25, 0.3) is 0 Å². The molecule has 0 radical (unpaired) electrons. The SMILES string of the molecule is C[C@@H]1OC(=O)N2c3ccc(O)cc3CC[C@H]12. The van der Waals surface area contributed by atoms with Gasteiger partial charge < -0.3 is 9.84 Å². The van der Waals surface area contributed by atoms with E-state index in [1.54, 1.807) is 23.1 Å². The minimum Gasteiger partial charge on any atom is -0.508 e. The number of ether oxygens (including phenoxy) is 1. The number of aromatic hydroxyl groups is 1.